The normalized spacial score (nSPS) is 10.3. The summed E-state index contributed by atoms with van der Waals surface area (Å²) in [7, 11) is 1.58. The minimum absolute atomic E-state index is 0.126. The van der Waals surface area contributed by atoms with Crippen LogP contribution in [-0.4, -0.2) is 18.0 Å². The van der Waals surface area contributed by atoms with E-state index in [-0.39, 0.29) is 12.3 Å². The van der Waals surface area contributed by atoms with E-state index in [0.717, 1.165) is 22.5 Å². The summed E-state index contributed by atoms with van der Waals surface area (Å²) in [5.74, 6) is 0.539. The first kappa shape index (κ1) is 15.3. The maximum Gasteiger partial charge on any atom is 0.228 e. The number of aromatic nitrogens is 1. The predicted octanol–water partition coefficient (Wildman–Crippen LogP) is 3.54. The Morgan fingerprint density at radius 1 is 1.33 bits per heavy atom. The highest BCUT2D eigenvalue weighted by Gasteiger charge is 2.11. The minimum atomic E-state index is -0.126. The molecule has 2 aromatic rings. The number of carbonyl (C=O) groups is 1. The smallest absolute Gasteiger partial charge is 0.228 e. The SMILES string of the molecule is COc1cc(C)c(Cl)cc1CC(=O)Nc1ccnc(C)c1. The van der Waals surface area contributed by atoms with Crippen molar-refractivity contribution in [2.45, 2.75) is 20.3 Å². The number of nitrogens with one attached hydrogen (secondary N) is 1. The number of carbonyl (C=O) groups excluding carboxylic acids is 1. The van der Waals surface area contributed by atoms with Gasteiger partial charge in [0.2, 0.25) is 5.91 Å². The van der Waals surface area contributed by atoms with Crippen LogP contribution in [0.3, 0.4) is 0 Å². The summed E-state index contributed by atoms with van der Waals surface area (Å²) in [6, 6.07) is 7.18. The van der Waals surface area contributed by atoms with E-state index in [4.69, 9.17) is 16.3 Å². The van der Waals surface area contributed by atoms with Gasteiger partial charge in [-0.05, 0) is 43.7 Å². The zero-order valence-electron chi connectivity index (χ0n) is 12.2. The Labute approximate surface area is 129 Å². The van der Waals surface area contributed by atoms with Gasteiger partial charge in [0.1, 0.15) is 5.75 Å². The van der Waals surface area contributed by atoms with Crippen molar-refractivity contribution in [2.75, 3.05) is 12.4 Å². The van der Waals surface area contributed by atoms with Crippen molar-refractivity contribution in [2.24, 2.45) is 0 Å². The van der Waals surface area contributed by atoms with Crippen molar-refractivity contribution in [1.29, 1.82) is 0 Å². The van der Waals surface area contributed by atoms with Gasteiger partial charge in [0.15, 0.2) is 0 Å². The Morgan fingerprint density at radius 3 is 2.76 bits per heavy atom. The molecule has 1 aromatic heterocycles. The topological polar surface area (TPSA) is 51.2 Å². The number of benzene rings is 1. The second-order valence-electron chi connectivity index (χ2n) is 4.82. The molecule has 110 valence electrons. The molecule has 0 fully saturated rings. The lowest BCUT2D eigenvalue weighted by atomic mass is 10.1. The second kappa shape index (κ2) is 6.59. The van der Waals surface area contributed by atoms with Crippen molar-refractivity contribution >= 4 is 23.2 Å². The number of methoxy groups -OCH3 is 1. The average Bonchev–Trinajstić information content (AvgIpc) is 2.42. The molecule has 1 aromatic carbocycles. The largest absolute Gasteiger partial charge is 0.496 e. The van der Waals surface area contributed by atoms with Gasteiger partial charge in [0.25, 0.3) is 0 Å². The molecule has 0 aliphatic heterocycles. The van der Waals surface area contributed by atoms with Gasteiger partial charge < -0.3 is 10.1 Å². The van der Waals surface area contributed by atoms with E-state index in [0.29, 0.717) is 10.8 Å². The summed E-state index contributed by atoms with van der Waals surface area (Å²) in [5.41, 5.74) is 3.26. The van der Waals surface area contributed by atoms with E-state index >= 15 is 0 Å². The lowest BCUT2D eigenvalue weighted by molar-refractivity contribution is -0.115. The van der Waals surface area contributed by atoms with E-state index < -0.39 is 0 Å². The van der Waals surface area contributed by atoms with Crippen molar-refractivity contribution in [3.63, 3.8) is 0 Å². The number of anilines is 1. The van der Waals surface area contributed by atoms with E-state index in [1.807, 2.05) is 26.0 Å². The van der Waals surface area contributed by atoms with Crippen molar-refractivity contribution in [3.05, 3.63) is 52.3 Å². The summed E-state index contributed by atoms with van der Waals surface area (Å²) in [6.45, 7) is 3.77. The number of hydrogen-bond acceptors (Lipinski definition) is 3. The molecule has 5 heteroatoms. The number of halogens is 1. The number of hydrogen-bond donors (Lipinski definition) is 1. The minimum Gasteiger partial charge on any atom is -0.496 e. The molecule has 2 rings (SSSR count). The Morgan fingerprint density at radius 2 is 2.10 bits per heavy atom. The fourth-order valence-electron chi connectivity index (χ4n) is 2.03. The molecule has 0 saturated heterocycles. The van der Waals surface area contributed by atoms with Crippen LogP contribution in [0.25, 0.3) is 0 Å². The molecule has 0 aliphatic rings. The first-order valence-electron chi connectivity index (χ1n) is 6.55. The molecule has 21 heavy (non-hydrogen) atoms. The highest BCUT2D eigenvalue weighted by atomic mass is 35.5. The van der Waals surface area contributed by atoms with Gasteiger partial charge in [-0.25, -0.2) is 0 Å². The van der Waals surface area contributed by atoms with Gasteiger partial charge in [-0.3, -0.25) is 9.78 Å². The Balaban J connectivity index is 2.14. The maximum absolute atomic E-state index is 12.1. The number of ether oxygens (including phenoxy) is 1. The second-order valence-corrected chi connectivity index (χ2v) is 5.23. The number of rotatable bonds is 4. The number of aryl methyl sites for hydroxylation is 2. The first-order valence-corrected chi connectivity index (χ1v) is 6.93. The van der Waals surface area contributed by atoms with Crippen LogP contribution < -0.4 is 10.1 Å². The lowest BCUT2D eigenvalue weighted by Crippen LogP contribution is -2.15. The molecule has 4 nitrogen and oxygen atoms in total. The van der Waals surface area contributed by atoms with Crippen LogP contribution in [0.15, 0.2) is 30.5 Å². The third-order valence-electron chi connectivity index (χ3n) is 3.09. The molecule has 0 aliphatic carbocycles. The summed E-state index contributed by atoms with van der Waals surface area (Å²) in [6.07, 6.45) is 1.86. The quantitative estimate of drug-likeness (QED) is 0.940. The number of amides is 1. The van der Waals surface area contributed by atoms with Gasteiger partial charge in [0.05, 0.1) is 13.5 Å². The molecule has 1 N–H and O–H groups in total. The molecule has 0 saturated carbocycles. The van der Waals surface area contributed by atoms with Gasteiger partial charge >= 0.3 is 0 Å². The Bertz CT molecular complexity index is 671. The maximum atomic E-state index is 12.1. The molecule has 0 bridgehead atoms. The zero-order valence-corrected chi connectivity index (χ0v) is 13.0. The Kier molecular flexibility index (Phi) is 4.81. The molecule has 1 heterocycles. The van der Waals surface area contributed by atoms with Gasteiger partial charge in [-0.1, -0.05) is 11.6 Å². The van der Waals surface area contributed by atoms with Crippen LogP contribution >= 0.6 is 11.6 Å². The molecule has 0 unspecified atom stereocenters. The average molecular weight is 305 g/mol. The predicted molar refractivity (Wildman–Crippen MR) is 84.0 cm³/mol. The Hall–Kier alpha value is -2.07. The lowest BCUT2D eigenvalue weighted by Gasteiger charge is -2.11. The van der Waals surface area contributed by atoms with Crippen molar-refractivity contribution in [1.82, 2.24) is 4.98 Å². The van der Waals surface area contributed by atoms with Crippen LogP contribution in [0, 0.1) is 13.8 Å². The van der Waals surface area contributed by atoms with Gasteiger partial charge in [-0.15, -0.1) is 0 Å². The fourth-order valence-corrected chi connectivity index (χ4v) is 2.21. The third kappa shape index (κ3) is 3.95. The van der Waals surface area contributed by atoms with Crippen LogP contribution in [0.2, 0.25) is 5.02 Å². The summed E-state index contributed by atoms with van der Waals surface area (Å²) < 4.78 is 5.30. The fraction of sp³-hybridized carbons (Fsp3) is 0.250. The van der Waals surface area contributed by atoms with Crippen molar-refractivity contribution in [3.8, 4) is 5.75 Å². The molecule has 1 amide bonds. The van der Waals surface area contributed by atoms with E-state index in [2.05, 4.69) is 10.3 Å². The van der Waals surface area contributed by atoms with E-state index in [1.165, 1.54) is 0 Å². The molecule has 0 spiro atoms. The molecular formula is C16H17ClN2O2. The van der Waals surface area contributed by atoms with Crippen LogP contribution in [-0.2, 0) is 11.2 Å². The summed E-state index contributed by atoms with van der Waals surface area (Å²) in [4.78, 5) is 16.2. The van der Waals surface area contributed by atoms with Gasteiger partial charge in [0, 0.05) is 28.2 Å². The highest BCUT2D eigenvalue weighted by Crippen LogP contribution is 2.27. The van der Waals surface area contributed by atoms with Crippen LogP contribution in [0.5, 0.6) is 5.75 Å². The highest BCUT2D eigenvalue weighted by molar-refractivity contribution is 6.31. The number of nitrogens with zero attached hydrogens (tertiary/aromatic N) is 1. The van der Waals surface area contributed by atoms with Crippen LogP contribution in [0.4, 0.5) is 5.69 Å². The third-order valence-corrected chi connectivity index (χ3v) is 3.50. The summed E-state index contributed by atoms with van der Waals surface area (Å²) >= 11 is 6.11. The first-order chi connectivity index (χ1) is 9.99. The summed E-state index contributed by atoms with van der Waals surface area (Å²) in [5, 5.41) is 3.46. The van der Waals surface area contributed by atoms with Crippen LogP contribution in [0.1, 0.15) is 16.8 Å². The number of pyridine rings is 1. The standard InChI is InChI=1S/C16H17ClN2O2/c1-10-6-15(21-3)12(8-14(10)17)9-16(20)19-13-4-5-18-11(2)7-13/h4-8H,9H2,1-3H3,(H,18,19,20). The van der Waals surface area contributed by atoms with Gasteiger partial charge in [-0.2, -0.15) is 0 Å². The van der Waals surface area contributed by atoms with E-state index in [9.17, 15) is 4.79 Å². The van der Waals surface area contributed by atoms with Crippen molar-refractivity contribution < 1.29 is 9.53 Å². The molecule has 0 atom stereocenters. The zero-order chi connectivity index (χ0) is 15.4. The van der Waals surface area contributed by atoms with E-state index in [1.54, 1.807) is 25.4 Å². The molecule has 0 radical (unpaired) electrons. The monoisotopic (exact) mass is 304 g/mol. The molecular weight excluding hydrogens is 288 g/mol.